The zero-order valence-corrected chi connectivity index (χ0v) is 18.7. The maximum Gasteiger partial charge on any atom is 0.251 e. The Bertz CT molecular complexity index is 1030. The van der Waals surface area contributed by atoms with Crippen LogP contribution in [0.3, 0.4) is 0 Å². The summed E-state index contributed by atoms with van der Waals surface area (Å²) in [4.78, 5) is 30.1. The summed E-state index contributed by atoms with van der Waals surface area (Å²) >= 11 is 7.68. The highest BCUT2D eigenvalue weighted by atomic mass is 35.5. The number of hydrogen-bond donors (Lipinski definition) is 3. The largest absolute Gasteiger partial charge is 0.381 e. The van der Waals surface area contributed by atoms with Crippen molar-refractivity contribution in [2.75, 3.05) is 5.32 Å². The molecule has 0 aliphatic carbocycles. The van der Waals surface area contributed by atoms with Gasteiger partial charge in [-0.05, 0) is 39.8 Å². The van der Waals surface area contributed by atoms with Crippen LogP contribution < -0.4 is 10.6 Å². The standard InChI is InChI=1S/C20H23ClN6O2S/c1-19(2,15-14(21)6-5-7-22-15)27-18-25-8-12(9-26-18)16-23-10-13(30-16)11-24-17(28)20(3,4)29/h5-10,29H,11H2,1-4H3,(H,24,28)(H,25,26,27). The van der Waals surface area contributed by atoms with Gasteiger partial charge in [0, 0.05) is 35.2 Å². The number of aromatic nitrogens is 4. The second-order valence-electron chi connectivity index (χ2n) is 7.75. The lowest BCUT2D eigenvalue weighted by Gasteiger charge is -2.26. The van der Waals surface area contributed by atoms with Crippen LogP contribution in [-0.2, 0) is 16.9 Å². The lowest BCUT2D eigenvalue weighted by Crippen LogP contribution is -2.41. The molecule has 0 radical (unpaired) electrons. The van der Waals surface area contributed by atoms with Crippen LogP contribution in [0.1, 0.15) is 38.3 Å². The third-order valence-corrected chi connectivity index (χ3v) is 5.56. The van der Waals surface area contributed by atoms with Crippen LogP contribution >= 0.6 is 22.9 Å². The smallest absolute Gasteiger partial charge is 0.251 e. The van der Waals surface area contributed by atoms with Crippen molar-refractivity contribution in [3.8, 4) is 10.6 Å². The molecule has 0 fully saturated rings. The topological polar surface area (TPSA) is 113 Å². The second kappa shape index (κ2) is 8.63. The third kappa shape index (κ3) is 5.29. The van der Waals surface area contributed by atoms with Gasteiger partial charge in [-0.25, -0.2) is 15.0 Å². The van der Waals surface area contributed by atoms with Gasteiger partial charge in [-0.15, -0.1) is 11.3 Å². The molecule has 0 saturated heterocycles. The molecule has 3 aromatic rings. The van der Waals surface area contributed by atoms with Gasteiger partial charge in [0.2, 0.25) is 5.95 Å². The number of rotatable bonds is 7. The molecule has 0 aliphatic heterocycles. The first-order valence-electron chi connectivity index (χ1n) is 9.23. The molecule has 30 heavy (non-hydrogen) atoms. The van der Waals surface area contributed by atoms with Crippen LogP contribution in [0, 0.1) is 0 Å². The maximum absolute atomic E-state index is 11.8. The summed E-state index contributed by atoms with van der Waals surface area (Å²) in [5.41, 5.74) is -0.513. The van der Waals surface area contributed by atoms with Crippen molar-refractivity contribution in [2.24, 2.45) is 0 Å². The molecule has 3 heterocycles. The SMILES string of the molecule is CC(C)(O)C(=O)NCc1cnc(-c2cnc(NC(C)(C)c3ncccc3Cl)nc2)s1. The monoisotopic (exact) mass is 446 g/mol. The van der Waals surface area contributed by atoms with E-state index in [1.54, 1.807) is 36.9 Å². The minimum absolute atomic E-state index is 0.292. The molecule has 8 nitrogen and oxygen atoms in total. The molecular formula is C20H23ClN6O2S. The first-order valence-corrected chi connectivity index (χ1v) is 10.4. The molecule has 0 aliphatic rings. The van der Waals surface area contributed by atoms with Crippen molar-refractivity contribution in [2.45, 2.75) is 45.4 Å². The Labute approximate surface area is 183 Å². The first-order chi connectivity index (χ1) is 14.1. The summed E-state index contributed by atoms with van der Waals surface area (Å²) in [5, 5.41) is 16.9. The number of hydrogen-bond acceptors (Lipinski definition) is 8. The van der Waals surface area contributed by atoms with Gasteiger partial charge in [-0.1, -0.05) is 11.6 Å². The summed E-state index contributed by atoms with van der Waals surface area (Å²) in [7, 11) is 0. The van der Waals surface area contributed by atoms with Gasteiger partial charge in [0.15, 0.2) is 0 Å². The van der Waals surface area contributed by atoms with Crippen LogP contribution in [-0.4, -0.2) is 36.6 Å². The van der Waals surface area contributed by atoms with E-state index in [9.17, 15) is 9.90 Å². The molecule has 0 atom stereocenters. The number of thiazole rings is 1. The summed E-state index contributed by atoms with van der Waals surface area (Å²) in [6.07, 6.45) is 6.74. The van der Waals surface area contributed by atoms with E-state index in [1.807, 2.05) is 13.8 Å². The highest BCUT2D eigenvalue weighted by Crippen LogP contribution is 2.29. The zero-order chi connectivity index (χ0) is 21.9. The fourth-order valence-corrected chi connectivity index (χ4v) is 3.78. The molecule has 0 spiro atoms. The van der Waals surface area contributed by atoms with Gasteiger partial charge < -0.3 is 15.7 Å². The third-order valence-electron chi connectivity index (χ3n) is 4.21. The minimum atomic E-state index is -1.42. The molecule has 10 heteroatoms. The Morgan fingerprint density at radius 2 is 1.83 bits per heavy atom. The van der Waals surface area contributed by atoms with Gasteiger partial charge in [-0.3, -0.25) is 9.78 Å². The van der Waals surface area contributed by atoms with E-state index < -0.39 is 17.0 Å². The first kappa shape index (κ1) is 22.1. The van der Waals surface area contributed by atoms with Gasteiger partial charge in [0.05, 0.1) is 22.8 Å². The maximum atomic E-state index is 11.8. The lowest BCUT2D eigenvalue weighted by atomic mass is 10.00. The number of halogens is 1. The number of amides is 1. The van der Waals surface area contributed by atoms with Crippen molar-refractivity contribution < 1.29 is 9.90 Å². The number of nitrogens with one attached hydrogen (secondary N) is 2. The van der Waals surface area contributed by atoms with Crippen molar-refractivity contribution >= 4 is 34.8 Å². The summed E-state index contributed by atoms with van der Waals surface area (Å²) in [5.74, 6) is 0.00604. The average molecular weight is 447 g/mol. The second-order valence-corrected chi connectivity index (χ2v) is 9.27. The minimum Gasteiger partial charge on any atom is -0.381 e. The Hall–Kier alpha value is -2.62. The fourth-order valence-electron chi connectivity index (χ4n) is 2.59. The van der Waals surface area contributed by atoms with Gasteiger partial charge in [0.1, 0.15) is 10.6 Å². The molecule has 0 unspecified atom stereocenters. The van der Waals surface area contributed by atoms with Crippen molar-refractivity contribution in [1.29, 1.82) is 0 Å². The van der Waals surface area contributed by atoms with Gasteiger partial charge >= 0.3 is 0 Å². The van der Waals surface area contributed by atoms with Gasteiger partial charge in [0.25, 0.3) is 5.91 Å². The Kier molecular flexibility index (Phi) is 6.35. The van der Waals surface area contributed by atoms with Crippen molar-refractivity contribution in [1.82, 2.24) is 25.3 Å². The highest BCUT2D eigenvalue weighted by molar-refractivity contribution is 7.15. The lowest BCUT2D eigenvalue weighted by molar-refractivity contribution is -0.136. The van der Waals surface area contributed by atoms with Gasteiger partial charge in [-0.2, -0.15) is 0 Å². The van der Waals surface area contributed by atoms with Crippen LogP contribution in [0.25, 0.3) is 10.6 Å². The predicted octanol–water partition coefficient (Wildman–Crippen LogP) is 3.38. The molecule has 1 amide bonds. The number of carbonyl (C=O) groups is 1. The number of anilines is 1. The van der Waals surface area contributed by atoms with E-state index in [-0.39, 0.29) is 0 Å². The van der Waals surface area contributed by atoms with E-state index in [1.165, 1.54) is 25.2 Å². The van der Waals surface area contributed by atoms with Crippen molar-refractivity contribution in [3.05, 3.63) is 52.5 Å². The molecule has 3 N–H and O–H groups in total. The predicted molar refractivity (Wildman–Crippen MR) is 117 cm³/mol. The number of nitrogens with zero attached hydrogens (tertiary/aromatic N) is 4. The Morgan fingerprint density at radius 3 is 2.47 bits per heavy atom. The molecule has 3 rings (SSSR count). The molecular weight excluding hydrogens is 424 g/mol. The Balaban J connectivity index is 1.67. The number of aliphatic hydroxyl groups is 1. The van der Waals surface area contributed by atoms with Crippen LogP contribution in [0.15, 0.2) is 36.9 Å². The fraction of sp³-hybridized carbons (Fsp3) is 0.350. The summed E-state index contributed by atoms with van der Waals surface area (Å²) in [6, 6.07) is 3.58. The van der Waals surface area contributed by atoms with Crippen LogP contribution in [0.2, 0.25) is 5.02 Å². The van der Waals surface area contributed by atoms with E-state index in [2.05, 4.69) is 30.6 Å². The molecule has 3 aromatic heterocycles. The van der Waals surface area contributed by atoms with E-state index in [0.717, 1.165) is 15.4 Å². The highest BCUT2D eigenvalue weighted by Gasteiger charge is 2.26. The van der Waals surface area contributed by atoms with E-state index >= 15 is 0 Å². The number of pyridine rings is 1. The zero-order valence-electron chi connectivity index (χ0n) is 17.1. The molecule has 0 bridgehead atoms. The van der Waals surface area contributed by atoms with Crippen LogP contribution in [0.5, 0.6) is 0 Å². The molecule has 158 valence electrons. The van der Waals surface area contributed by atoms with E-state index in [0.29, 0.717) is 23.2 Å². The summed E-state index contributed by atoms with van der Waals surface area (Å²) < 4.78 is 0. The normalized spacial score (nSPS) is 11.9. The van der Waals surface area contributed by atoms with E-state index in [4.69, 9.17) is 11.6 Å². The molecule has 0 aromatic carbocycles. The average Bonchev–Trinajstić information content (AvgIpc) is 3.15. The summed E-state index contributed by atoms with van der Waals surface area (Å²) in [6.45, 7) is 7.08. The molecule has 0 saturated carbocycles. The van der Waals surface area contributed by atoms with Crippen molar-refractivity contribution in [3.63, 3.8) is 0 Å². The van der Waals surface area contributed by atoms with Crippen LogP contribution in [0.4, 0.5) is 5.95 Å². The quantitative estimate of drug-likeness (QED) is 0.509. The Morgan fingerprint density at radius 1 is 1.13 bits per heavy atom. The number of carbonyl (C=O) groups excluding carboxylic acids is 1.